The Labute approximate surface area is 146 Å². The van der Waals surface area contributed by atoms with Gasteiger partial charge in [0, 0.05) is 25.7 Å². The molecule has 1 aliphatic heterocycles. The molecule has 0 spiro atoms. The van der Waals surface area contributed by atoms with Crippen LogP contribution in [0.15, 0.2) is 29.1 Å². The minimum atomic E-state index is -0.376. The lowest BCUT2D eigenvalue weighted by atomic mass is 10.1. The summed E-state index contributed by atoms with van der Waals surface area (Å²) in [6, 6.07) is 7.45. The van der Waals surface area contributed by atoms with Gasteiger partial charge in [-0.2, -0.15) is 0 Å². The van der Waals surface area contributed by atoms with Gasteiger partial charge in [-0.1, -0.05) is 12.1 Å². The average molecular weight is 344 g/mol. The number of aromatic nitrogens is 2. The molecule has 1 aromatic heterocycles. The largest absolute Gasteiger partial charge is 0.375 e. The fourth-order valence-corrected chi connectivity index (χ4v) is 3.01. The maximum absolute atomic E-state index is 12.3. The highest BCUT2D eigenvalue weighted by atomic mass is 16.5. The molecular formula is C18H24N4O3. The second-order valence-corrected chi connectivity index (χ2v) is 6.56. The Morgan fingerprint density at radius 3 is 3.04 bits per heavy atom. The van der Waals surface area contributed by atoms with Gasteiger partial charge in [-0.15, -0.1) is 0 Å². The first-order valence-corrected chi connectivity index (χ1v) is 8.67. The number of morpholine rings is 1. The molecule has 0 unspecified atom stereocenters. The predicted octanol–water partition coefficient (Wildman–Crippen LogP) is 1.15. The number of carbonyl (C=O) groups is 1. The Morgan fingerprint density at radius 2 is 2.24 bits per heavy atom. The molecule has 1 amide bonds. The predicted molar refractivity (Wildman–Crippen MR) is 95.8 cm³/mol. The number of H-pyrrole nitrogens is 1. The summed E-state index contributed by atoms with van der Waals surface area (Å²) in [7, 11) is 0. The zero-order chi connectivity index (χ0) is 17.8. The van der Waals surface area contributed by atoms with Crippen molar-refractivity contribution < 1.29 is 9.53 Å². The zero-order valence-electron chi connectivity index (χ0n) is 14.6. The first-order chi connectivity index (χ1) is 12.0. The summed E-state index contributed by atoms with van der Waals surface area (Å²) >= 11 is 0. The molecule has 1 fully saturated rings. The molecule has 1 atom stereocenters. The highest BCUT2D eigenvalue weighted by Crippen LogP contribution is 2.11. The van der Waals surface area contributed by atoms with Gasteiger partial charge in [-0.3, -0.25) is 14.5 Å². The number of amides is 1. The van der Waals surface area contributed by atoms with Gasteiger partial charge in [-0.05, 0) is 32.4 Å². The van der Waals surface area contributed by atoms with Crippen LogP contribution >= 0.6 is 0 Å². The number of hydrogen-bond donors (Lipinski definition) is 2. The highest BCUT2D eigenvalue weighted by Gasteiger charge is 2.22. The number of carbonyl (C=O) groups excluding carboxylic acids is 1. The van der Waals surface area contributed by atoms with E-state index in [2.05, 4.69) is 34.0 Å². The van der Waals surface area contributed by atoms with Crippen molar-refractivity contribution in [1.29, 1.82) is 0 Å². The minimum absolute atomic E-state index is 0.0390. The molecule has 2 heterocycles. The molecule has 0 aliphatic carbocycles. The number of benzene rings is 1. The van der Waals surface area contributed by atoms with Crippen LogP contribution in [0.2, 0.25) is 0 Å². The van der Waals surface area contributed by atoms with Crippen molar-refractivity contribution in [3.8, 4) is 0 Å². The van der Waals surface area contributed by atoms with Crippen LogP contribution in [0.1, 0.15) is 30.9 Å². The smallest absolute Gasteiger partial charge is 0.287 e. The van der Waals surface area contributed by atoms with Gasteiger partial charge in [0.05, 0.1) is 23.6 Å². The molecule has 25 heavy (non-hydrogen) atoms. The Bertz CT molecular complexity index is 802. The summed E-state index contributed by atoms with van der Waals surface area (Å²) in [6.07, 6.45) is 0.840. The first-order valence-electron chi connectivity index (χ1n) is 8.67. The highest BCUT2D eigenvalue weighted by molar-refractivity contribution is 5.92. The Kier molecular flexibility index (Phi) is 5.45. The van der Waals surface area contributed by atoms with Gasteiger partial charge in [0.1, 0.15) is 0 Å². The van der Waals surface area contributed by atoms with Crippen molar-refractivity contribution in [3.05, 3.63) is 40.4 Å². The van der Waals surface area contributed by atoms with E-state index in [1.54, 1.807) is 24.3 Å². The van der Waals surface area contributed by atoms with Crippen LogP contribution in [-0.2, 0) is 4.74 Å². The molecule has 2 aromatic rings. The molecule has 3 rings (SSSR count). The number of para-hydroxylation sites is 1. The molecule has 1 aromatic carbocycles. The summed E-state index contributed by atoms with van der Waals surface area (Å²) in [6.45, 7) is 7.36. The van der Waals surface area contributed by atoms with Crippen molar-refractivity contribution >= 4 is 16.8 Å². The first kappa shape index (κ1) is 17.6. The van der Waals surface area contributed by atoms with Crippen LogP contribution in [0.4, 0.5) is 0 Å². The lowest BCUT2D eigenvalue weighted by molar-refractivity contribution is -0.0412. The second-order valence-electron chi connectivity index (χ2n) is 6.56. The van der Waals surface area contributed by atoms with Crippen LogP contribution in [0.3, 0.4) is 0 Å². The van der Waals surface area contributed by atoms with Crippen LogP contribution in [0, 0.1) is 0 Å². The van der Waals surface area contributed by atoms with E-state index in [0.717, 1.165) is 26.1 Å². The van der Waals surface area contributed by atoms with Gasteiger partial charge in [0.25, 0.3) is 11.5 Å². The van der Waals surface area contributed by atoms with Gasteiger partial charge in [0.15, 0.2) is 5.82 Å². The molecule has 2 N–H and O–H groups in total. The minimum Gasteiger partial charge on any atom is -0.375 e. The van der Waals surface area contributed by atoms with Gasteiger partial charge < -0.3 is 15.0 Å². The second kappa shape index (κ2) is 7.76. The molecule has 7 nitrogen and oxygen atoms in total. The molecule has 0 radical (unpaired) electrons. The zero-order valence-corrected chi connectivity index (χ0v) is 14.6. The van der Waals surface area contributed by atoms with Gasteiger partial charge in [0.2, 0.25) is 0 Å². The Hall–Kier alpha value is -2.25. The molecule has 1 aliphatic rings. The van der Waals surface area contributed by atoms with Crippen molar-refractivity contribution in [2.24, 2.45) is 0 Å². The van der Waals surface area contributed by atoms with Crippen LogP contribution in [-0.4, -0.2) is 59.2 Å². The Balaban J connectivity index is 1.57. The molecular weight excluding hydrogens is 320 g/mol. The van der Waals surface area contributed by atoms with E-state index < -0.39 is 0 Å². The monoisotopic (exact) mass is 344 g/mol. The summed E-state index contributed by atoms with van der Waals surface area (Å²) < 4.78 is 5.76. The maximum atomic E-state index is 12.3. The van der Waals surface area contributed by atoms with E-state index in [-0.39, 0.29) is 23.4 Å². The van der Waals surface area contributed by atoms with Crippen molar-refractivity contribution in [2.75, 3.05) is 26.2 Å². The fraction of sp³-hybridized carbons (Fsp3) is 0.500. The normalized spacial score (nSPS) is 18.6. The van der Waals surface area contributed by atoms with Gasteiger partial charge in [-0.25, -0.2) is 4.98 Å². The van der Waals surface area contributed by atoms with Crippen LogP contribution in [0.25, 0.3) is 10.9 Å². The standard InChI is InChI=1S/C18H24N4O3/c1-12(2)22-9-10-25-13(11-22)7-8-19-18(24)16-20-15-6-4-3-5-14(15)17(23)21-16/h3-6,12-13H,7-11H2,1-2H3,(H,19,24)(H,20,21,23)/t13-/m0/s1. The lowest BCUT2D eigenvalue weighted by Gasteiger charge is -2.35. The fourth-order valence-electron chi connectivity index (χ4n) is 3.01. The molecule has 134 valence electrons. The topological polar surface area (TPSA) is 87.3 Å². The third-order valence-corrected chi connectivity index (χ3v) is 4.48. The third-order valence-electron chi connectivity index (χ3n) is 4.48. The van der Waals surface area contributed by atoms with Crippen LogP contribution < -0.4 is 10.9 Å². The van der Waals surface area contributed by atoms with Crippen molar-refractivity contribution in [3.63, 3.8) is 0 Å². The number of ether oxygens (including phenoxy) is 1. The summed E-state index contributed by atoms with van der Waals surface area (Å²) in [5.74, 6) is -0.337. The van der Waals surface area contributed by atoms with E-state index in [4.69, 9.17) is 4.74 Å². The Morgan fingerprint density at radius 1 is 1.44 bits per heavy atom. The van der Waals surface area contributed by atoms with E-state index in [9.17, 15) is 9.59 Å². The summed E-state index contributed by atoms with van der Waals surface area (Å²) in [5.41, 5.74) is 0.207. The molecule has 0 saturated carbocycles. The van der Waals surface area contributed by atoms with E-state index >= 15 is 0 Å². The van der Waals surface area contributed by atoms with Gasteiger partial charge >= 0.3 is 0 Å². The number of fused-ring (bicyclic) bond motifs is 1. The van der Waals surface area contributed by atoms with Crippen LogP contribution in [0.5, 0.6) is 0 Å². The maximum Gasteiger partial charge on any atom is 0.287 e. The molecule has 0 bridgehead atoms. The number of nitrogens with zero attached hydrogens (tertiary/aromatic N) is 2. The number of nitrogens with one attached hydrogen (secondary N) is 2. The van der Waals surface area contributed by atoms with E-state index in [0.29, 0.717) is 23.5 Å². The number of hydrogen-bond acceptors (Lipinski definition) is 5. The number of aromatic amines is 1. The van der Waals surface area contributed by atoms with Crippen molar-refractivity contribution in [1.82, 2.24) is 20.2 Å². The van der Waals surface area contributed by atoms with E-state index in [1.165, 1.54) is 0 Å². The van der Waals surface area contributed by atoms with Crippen molar-refractivity contribution in [2.45, 2.75) is 32.4 Å². The SMILES string of the molecule is CC(C)N1CCO[C@@H](CCNC(=O)c2nc3ccccc3c(=O)[nH]2)C1. The third kappa shape index (κ3) is 4.24. The quantitative estimate of drug-likeness (QED) is 0.850. The number of rotatable bonds is 5. The van der Waals surface area contributed by atoms with E-state index in [1.807, 2.05) is 0 Å². The molecule has 1 saturated heterocycles. The summed E-state index contributed by atoms with van der Waals surface area (Å²) in [5, 5.41) is 3.29. The lowest BCUT2D eigenvalue weighted by Crippen LogP contribution is -2.46. The molecule has 7 heteroatoms. The summed E-state index contributed by atoms with van der Waals surface area (Å²) in [4.78, 5) is 33.4. The average Bonchev–Trinajstić information content (AvgIpc) is 2.62.